The Bertz CT molecular complexity index is 903. The Morgan fingerprint density at radius 3 is 2.15 bits per heavy atom. The summed E-state index contributed by atoms with van der Waals surface area (Å²) in [4.78, 5) is 12.1. The molecule has 138 valence electrons. The van der Waals surface area contributed by atoms with Crippen molar-refractivity contribution in [2.75, 3.05) is 0 Å². The Morgan fingerprint density at radius 1 is 0.778 bits per heavy atom. The molecule has 0 aliphatic rings. The predicted molar refractivity (Wildman–Crippen MR) is 98.9 cm³/mol. The lowest BCUT2D eigenvalue weighted by Gasteiger charge is -2.10. The van der Waals surface area contributed by atoms with Gasteiger partial charge in [0, 0.05) is 6.54 Å². The van der Waals surface area contributed by atoms with Crippen LogP contribution in [0.3, 0.4) is 0 Å². The SMILES string of the molecule is O=C(Cc1ccc(-c2cccc(C(F)(F)F)c2)cc1)NCc1ccccc1. The number of nitrogens with one attached hydrogen (secondary N) is 1. The fraction of sp³-hybridized carbons (Fsp3) is 0.136. The first-order chi connectivity index (χ1) is 12.9. The van der Waals surface area contributed by atoms with E-state index in [-0.39, 0.29) is 12.3 Å². The van der Waals surface area contributed by atoms with Crippen LogP contribution in [0.5, 0.6) is 0 Å². The Balaban J connectivity index is 1.63. The lowest BCUT2D eigenvalue weighted by Crippen LogP contribution is -2.24. The van der Waals surface area contributed by atoms with Crippen LogP contribution >= 0.6 is 0 Å². The standard InChI is InChI=1S/C22H18F3NO/c23-22(24,25)20-8-4-7-19(14-20)18-11-9-16(10-12-18)13-21(27)26-15-17-5-2-1-3-6-17/h1-12,14H,13,15H2,(H,26,27). The highest BCUT2D eigenvalue weighted by Gasteiger charge is 2.30. The van der Waals surface area contributed by atoms with Gasteiger partial charge in [0.05, 0.1) is 12.0 Å². The van der Waals surface area contributed by atoms with Gasteiger partial charge in [-0.3, -0.25) is 4.79 Å². The van der Waals surface area contributed by atoms with E-state index >= 15 is 0 Å². The second-order valence-corrected chi connectivity index (χ2v) is 6.21. The molecule has 0 aromatic heterocycles. The van der Waals surface area contributed by atoms with Gasteiger partial charge in [0.15, 0.2) is 0 Å². The summed E-state index contributed by atoms with van der Waals surface area (Å²) in [6.07, 6.45) is -4.15. The molecule has 5 heteroatoms. The average Bonchev–Trinajstić information content (AvgIpc) is 2.67. The lowest BCUT2D eigenvalue weighted by atomic mass is 10.0. The van der Waals surface area contributed by atoms with E-state index in [1.165, 1.54) is 6.07 Å². The molecule has 0 fully saturated rings. The van der Waals surface area contributed by atoms with Gasteiger partial charge >= 0.3 is 6.18 Å². The van der Waals surface area contributed by atoms with Crippen LogP contribution in [0, 0.1) is 0 Å². The van der Waals surface area contributed by atoms with Gasteiger partial charge in [0.2, 0.25) is 5.91 Å². The molecule has 1 N–H and O–H groups in total. The van der Waals surface area contributed by atoms with Gasteiger partial charge in [-0.05, 0) is 34.4 Å². The molecule has 0 bridgehead atoms. The van der Waals surface area contributed by atoms with Crippen molar-refractivity contribution in [2.24, 2.45) is 0 Å². The highest BCUT2D eigenvalue weighted by atomic mass is 19.4. The van der Waals surface area contributed by atoms with Gasteiger partial charge in [-0.1, -0.05) is 66.7 Å². The lowest BCUT2D eigenvalue weighted by molar-refractivity contribution is -0.137. The topological polar surface area (TPSA) is 29.1 Å². The summed E-state index contributed by atoms with van der Waals surface area (Å²) in [5, 5.41) is 2.85. The van der Waals surface area contributed by atoms with Crippen molar-refractivity contribution in [1.29, 1.82) is 0 Å². The van der Waals surface area contributed by atoms with E-state index in [9.17, 15) is 18.0 Å². The molecule has 0 saturated heterocycles. The molecule has 0 spiro atoms. The largest absolute Gasteiger partial charge is 0.416 e. The fourth-order valence-electron chi connectivity index (χ4n) is 2.73. The summed E-state index contributed by atoms with van der Waals surface area (Å²) in [6, 6.07) is 21.8. The van der Waals surface area contributed by atoms with Crippen LogP contribution in [0.15, 0.2) is 78.9 Å². The summed E-state index contributed by atoms with van der Waals surface area (Å²) >= 11 is 0. The summed E-state index contributed by atoms with van der Waals surface area (Å²) in [5.74, 6) is -0.106. The molecular weight excluding hydrogens is 351 g/mol. The molecule has 0 radical (unpaired) electrons. The number of halogens is 3. The molecule has 2 nitrogen and oxygen atoms in total. The molecule has 0 unspecified atom stereocenters. The van der Waals surface area contributed by atoms with E-state index < -0.39 is 11.7 Å². The van der Waals surface area contributed by atoms with Crippen LogP contribution in [0.1, 0.15) is 16.7 Å². The van der Waals surface area contributed by atoms with E-state index in [4.69, 9.17) is 0 Å². The quantitative estimate of drug-likeness (QED) is 0.655. The number of amides is 1. The predicted octanol–water partition coefficient (Wildman–Crippen LogP) is 5.23. The Hall–Kier alpha value is -3.08. The highest BCUT2D eigenvalue weighted by Crippen LogP contribution is 2.32. The molecule has 3 aromatic carbocycles. The highest BCUT2D eigenvalue weighted by molar-refractivity contribution is 5.78. The number of hydrogen-bond donors (Lipinski definition) is 1. The minimum atomic E-state index is -4.37. The van der Waals surface area contributed by atoms with Gasteiger partial charge < -0.3 is 5.32 Å². The second kappa shape index (κ2) is 8.08. The zero-order chi connectivity index (χ0) is 19.3. The van der Waals surface area contributed by atoms with Crippen LogP contribution in [0.25, 0.3) is 11.1 Å². The van der Waals surface area contributed by atoms with Gasteiger partial charge in [-0.2, -0.15) is 13.2 Å². The summed E-state index contributed by atoms with van der Waals surface area (Å²) in [5.41, 5.74) is 2.31. The average molecular weight is 369 g/mol. The molecule has 1 amide bonds. The monoisotopic (exact) mass is 369 g/mol. The molecule has 0 heterocycles. The van der Waals surface area contributed by atoms with Crippen LogP contribution in [0.2, 0.25) is 0 Å². The first-order valence-corrected chi connectivity index (χ1v) is 8.49. The smallest absolute Gasteiger partial charge is 0.352 e. The third-order valence-corrected chi connectivity index (χ3v) is 4.17. The minimum Gasteiger partial charge on any atom is -0.352 e. The zero-order valence-corrected chi connectivity index (χ0v) is 14.5. The molecular formula is C22H18F3NO. The van der Waals surface area contributed by atoms with Crippen LogP contribution in [0.4, 0.5) is 13.2 Å². The Kier molecular flexibility index (Phi) is 5.60. The van der Waals surface area contributed by atoms with Crippen molar-refractivity contribution >= 4 is 5.91 Å². The van der Waals surface area contributed by atoms with E-state index in [0.717, 1.165) is 23.3 Å². The van der Waals surface area contributed by atoms with Gasteiger partial charge in [0.1, 0.15) is 0 Å². The Morgan fingerprint density at radius 2 is 1.48 bits per heavy atom. The van der Waals surface area contributed by atoms with Crippen molar-refractivity contribution in [1.82, 2.24) is 5.32 Å². The number of hydrogen-bond acceptors (Lipinski definition) is 1. The van der Waals surface area contributed by atoms with Crippen LogP contribution < -0.4 is 5.32 Å². The van der Waals surface area contributed by atoms with Crippen molar-refractivity contribution in [2.45, 2.75) is 19.1 Å². The summed E-state index contributed by atoms with van der Waals surface area (Å²) < 4.78 is 38.5. The normalized spacial score (nSPS) is 11.2. The van der Waals surface area contributed by atoms with Gasteiger partial charge in [0.25, 0.3) is 0 Å². The fourth-order valence-corrected chi connectivity index (χ4v) is 2.73. The number of carbonyl (C=O) groups is 1. The number of carbonyl (C=O) groups excluding carboxylic acids is 1. The van der Waals surface area contributed by atoms with E-state index in [0.29, 0.717) is 17.7 Å². The maximum absolute atomic E-state index is 12.8. The van der Waals surface area contributed by atoms with E-state index in [1.807, 2.05) is 30.3 Å². The van der Waals surface area contributed by atoms with E-state index in [1.54, 1.807) is 30.3 Å². The van der Waals surface area contributed by atoms with Crippen molar-refractivity contribution in [3.05, 3.63) is 95.6 Å². The maximum Gasteiger partial charge on any atom is 0.416 e. The molecule has 27 heavy (non-hydrogen) atoms. The molecule has 0 aliphatic heterocycles. The second-order valence-electron chi connectivity index (χ2n) is 6.21. The summed E-state index contributed by atoms with van der Waals surface area (Å²) in [7, 11) is 0. The van der Waals surface area contributed by atoms with Crippen molar-refractivity contribution < 1.29 is 18.0 Å². The number of alkyl halides is 3. The molecule has 3 rings (SSSR count). The summed E-state index contributed by atoms with van der Waals surface area (Å²) in [6.45, 7) is 0.460. The first-order valence-electron chi connectivity index (χ1n) is 8.49. The zero-order valence-electron chi connectivity index (χ0n) is 14.5. The third kappa shape index (κ3) is 5.20. The van der Waals surface area contributed by atoms with Crippen LogP contribution in [-0.2, 0) is 23.9 Å². The third-order valence-electron chi connectivity index (χ3n) is 4.17. The van der Waals surface area contributed by atoms with E-state index in [2.05, 4.69) is 5.32 Å². The number of rotatable bonds is 5. The van der Waals surface area contributed by atoms with Gasteiger partial charge in [-0.25, -0.2) is 0 Å². The van der Waals surface area contributed by atoms with Crippen molar-refractivity contribution in [3.63, 3.8) is 0 Å². The number of benzene rings is 3. The molecule has 3 aromatic rings. The van der Waals surface area contributed by atoms with Crippen LogP contribution in [-0.4, -0.2) is 5.91 Å². The molecule has 0 saturated carbocycles. The molecule has 0 atom stereocenters. The van der Waals surface area contributed by atoms with Crippen molar-refractivity contribution in [3.8, 4) is 11.1 Å². The first kappa shape index (κ1) is 18.7. The minimum absolute atomic E-state index is 0.106. The Labute approximate surface area is 155 Å². The maximum atomic E-state index is 12.8. The molecule has 0 aliphatic carbocycles. The van der Waals surface area contributed by atoms with Gasteiger partial charge in [-0.15, -0.1) is 0 Å².